The number of thiophene rings is 1. The van der Waals surface area contributed by atoms with Gasteiger partial charge in [0, 0.05) is 35.8 Å². The van der Waals surface area contributed by atoms with Crippen molar-refractivity contribution in [1.29, 1.82) is 0 Å². The summed E-state index contributed by atoms with van der Waals surface area (Å²) in [6.45, 7) is 0.126. The van der Waals surface area contributed by atoms with E-state index in [1.807, 2.05) is 12.2 Å². The van der Waals surface area contributed by atoms with E-state index >= 15 is 0 Å². The summed E-state index contributed by atoms with van der Waals surface area (Å²) in [4.78, 5) is 73.9. The van der Waals surface area contributed by atoms with E-state index in [2.05, 4.69) is 10.6 Å². The number of carbonyl (C=O) groups is 4. The van der Waals surface area contributed by atoms with E-state index in [9.17, 15) is 45.7 Å². The van der Waals surface area contributed by atoms with Gasteiger partial charge in [-0.15, -0.1) is 11.3 Å². The molecule has 5 atom stereocenters. The fourth-order valence-corrected chi connectivity index (χ4v) is 8.26. The summed E-state index contributed by atoms with van der Waals surface area (Å²) in [5, 5.41) is 5.73. The molecule has 48 heavy (non-hydrogen) atoms. The number of alkyl halides is 5. The maximum atomic E-state index is 14.3. The number of halogens is 5. The normalized spacial score (nSPS) is 26.2. The Balaban J connectivity index is 1.14. The number of nitrogens with zero attached hydrogens (tertiary/aromatic N) is 2. The molecule has 18 heteroatoms. The second-order valence-corrected chi connectivity index (χ2v) is 15.5. The molecule has 1 unspecified atom stereocenters. The lowest BCUT2D eigenvalue weighted by Crippen LogP contribution is -2.64. The van der Waals surface area contributed by atoms with Crippen LogP contribution in [0.15, 0.2) is 36.4 Å². The fourth-order valence-electron chi connectivity index (χ4n) is 6.84. The van der Waals surface area contributed by atoms with Crippen LogP contribution in [0.5, 0.6) is 0 Å². The van der Waals surface area contributed by atoms with Gasteiger partial charge in [-0.3, -0.25) is 23.7 Å². The van der Waals surface area contributed by atoms with Gasteiger partial charge >= 0.3 is 19.4 Å². The number of amides is 4. The molecule has 3 saturated heterocycles. The minimum Gasteiger partial charge on any atom is -0.348 e. The number of hydrogen-bond acceptors (Lipinski definition) is 6. The van der Waals surface area contributed by atoms with Crippen LogP contribution >= 0.6 is 18.9 Å². The summed E-state index contributed by atoms with van der Waals surface area (Å²) in [6.07, 6.45) is -0.532. The molecule has 4 aliphatic rings. The summed E-state index contributed by atoms with van der Waals surface area (Å²) in [7, 11) is -5.80. The summed E-state index contributed by atoms with van der Waals surface area (Å²) in [6, 6.07) is 1.71. The summed E-state index contributed by atoms with van der Waals surface area (Å²) in [5.74, 6) is -2.06. The van der Waals surface area contributed by atoms with Gasteiger partial charge in [-0.2, -0.15) is 22.0 Å². The van der Waals surface area contributed by atoms with Crippen molar-refractivity contribution in [3.05, 3.63) is 46.9 Å². The molecule has 3 aliphatic heterocycles. The van der Waals surface area contributed by atoms with Gasteiger partial charge in [0.05, 0.1) is 17.3 Å². The molecule has 260 valence electrons. The smallest absolute Gasteiger partial charge is 0.348 e. The monoisotopic (exact) mass is 718 g/mol. The fraction of sp³-hybridized carbons (Fsp3) is 0.533. The SMILES string of the molecule is O=C(NC1C[C@H]2C=C[C@H]2C[C@H]2CC[C@@H](C(=O)NC3CN(C(=O)CCC(F)(F)F)C3)N2C1=O)c1cc2cc(C(F)(F)P(=O)(O)O)ccc2s1. The van der Waals surface area contributed by atoms with Crippen LogP contribution in [0.4, 0.5) is 22.0 Å². The van der Waals surface area contributed by atoms with Gasteiger partial charge in [0.2, 0.25) is 17.7 Å². The molecule has 0 radical (unpaired) electrons. The van der Waals surface area contributed by atoms with E-state index in [0.717, 1.165) is 23.5 Å². The van der Waals surface area contributed by atoms with Crippen molar-refractivity contribution in [2.45, 2.75) is 74.5 Å². The maximum absolute atomic E-state index is 14.3. The lowest BCUT2D eigenvalue weighted by atomic mass is 9.73. The summed E-state index contributed by atoms with van der Waals surface area (Å²) in [5.41, 5.74) is -5.33. The van der Waals surface area contributed by atoms with E-state index in [-0.39, 0.29) is 47.7 Å². The summed E-state index contributed by atoms with van der Waals surface area (Å²) < 4.78 is 77.7. The van der Waals surface area contributed by atoms with Crippen molar-refractivity contribution in [3.8, 4) is 0 Å². The van der Waals surface area contributed by atoms with Crippen LogP contribution in [0, 0.1) is 11.8 Å². The quantitative estimate of drug-likeness (QED) is 0.184. The third-order valence-corrected chi connectivity index (χ3v) is 11.6. The van der Waals surface area contributed by atoms with Gasteiger partial charge in [-0.25, -0.2) is 0 Å². The van der Waals surface area contributed by atoms with E-state index in [1.54, 1.807) is 0 Å². The van der Waals surface area contributed by atoms with Gasteiger partial charge in [-0.1, -0.05) is 18.2 Å². The van der Waals surface area contributed by atoms with Gasteiger partial charge in [0.25, 0.3) is 5.91 Å². The van der Waals surface area contributed by atoms with Crippen LogP contribution in [0.3, 0.4) is 0 Å². The standard InChI is InChI=1S/C30H32F5N4O7PS/c31-29(32,33)8-7-25(40)38-13-19(14-38)36-26(41)22-5-4-20-10-15-1-2-16(15)11-21(28(43)39(20)22)37-27(42)24-12-17-9-18(3-6-23(17)48-24)30(34,35)47(44,45)46/h1-3,6,9,12,15-16,19-22H,4-5,7-8,10-11,13-14H2,(H,36,41)(H,37,42)(H2,44,45,46)/t15-,16+,20+,21?,22-/m0/s1. The highest BCUT2D eigenvalue weighted by Crippen LogP contribution is 2.59. The lowest BCUT2D eigenvalue weighted by molar-refractivity contribution is -0.152. The molecular weight excluding hydrogens is 686 g/mol. The van der Waals surface area contributed by atoms with Crippen LogP contribution in [-0.2, 0) is 24.6 Å². The Morgan fingerprint density at radius 2 is 1.67 bits per heavy atom. The topological polar surface area (TPSA) is 156 Å². The van der Waals surface area contributed by atoms with Crippen LogP contribution in [0.2, 0.25) is 0 Å². The molecule has 3 fully saturated rings. The largest absolute Gasteiger partial charge is 0.399 e. The first-order chi connectivity index (χ1) is 22.4. The number of carbonyl (C=O) groups excluding carboxylic acids is 4. The molecule has 6 rings (SSSR count). The summed E-state index contributed by atoms with van der Waals surface area (Å²) >= 11 is 0.956. The molecule has 0 spiro atoms. The van der Waals surface area contributed by atoms with Crippen LogP contribution in [0.25, 0.3) is 10.1 Å². The molecule has 2 aromatic rings. The zero-order valence-electron chi connectivity index (χ0n) is 25.2. The van der Waals surface area contributed by atoms with Gasteiger partial charge < -0.3 is 30.2 Å². The Hall–Kier alpha value is -3.40. The number of allylic oxidation sites excluding steroid dienone is 2. The highest BCUT2D eigenvalue weighted by Gasteiger charge is 2.51. The predicted octanol–water partition coefficient (Wildman–Crippen LogP) is 3.85. The van der Waals surface area contributed by atoms with Gasteiger partial charge in [-0.05, 0) is 61.1 Å². The third kappa shape index (κ3) is 6.74. The average Bonchev–Trinajstić information content (AvgIpc) is 3.60. The molecule has 0 bridgehead atoms. The molecule has 4 amide bonds. The Labute approximate surface area is 274 Å². The molecule has 1 aliphatic carbocycles. The lowest BCUT2D eigenvalue weighted by Gasteiger charge is -2.43. The zero-order valence-corrected chi connectivity index (χ0v) is 26.9. The minimum absolute atomic E-state index is 0.0185. The Bertz CT molecular complexity index is 1720. The highest BCUT2D eigenvalue weighted by molar-refractivity contribution is 7.52. The van der Waals surface area contributed by atoms with Crippen molar-refractivity contribution in [3.63, 3.8) is 0 Å². The van der Waals surface area contributed by atoms with Crippen molar-refractivity contribution in [1.82, 2.24) is 20.4 Å². The molecule has 1 aromatic heterocycles. The Morgan fingerprint density at radius 1 is 0.979 bits per heavy atom. The van der Waals surface area contributed by atoms with Crippen molar-refractivity contribution in [2.75, 3.05) is 13.1 Å². The van der Waals surface area contributed by atoms with Gasteiger partial charge in [0.15, 0.2) is 0 Å². The second kappa shape index (κ2) is 12.5. The number of nitrogens with one attached hydrogen (secondary N) is 2. The number of rotatable bonds is 8. The Kier molecular flexibility index (Phi) is 8.97. The van der Waals surface area contributed by atoms with E-state index in [1.165, 1.54) is 21.9 Å². The maximum Gasteiger partial charge on any atom is 0.399 e. The minimum atomic E-state index is -5.80. The van der Waals surface area contributed by atoms with Crippen molar-refractivity contribution >= 4 is 52.6 Å². The van der Waals surface area contributed by atoms with E-state index < -0.39 is 79.6 Å². The first-order valence-corrected chi connectivity index (χ1v) is 17.8. The molecular formula is C30H32F5N4O7PS. The number of fused-ring (bicyclic) bond motifs is 3. The average molecular weight is 719 g/mol. The van der Waals surface area contributed by atoms with Crippen LogP contribution < -0.4 is 10.6 Å². The molecule has 0 saturated carbocycles. The first kappa shape index (κ1) is 34.5. The van der Waals surface area contributed by atoms with Crippen molar-refractivity contribution < 1.29 is 55.5 Å². The highest BCUT2D eigenvalue weighted by atomic mass is 32.1. The van der Waals surface area contributed by atoms with E-state index in [4.69, 9.17) is 9.79 Å². The molecule has 1 aromatic carbocycles. The Morgan fingerprint density at radius 3 is 2.31 bits per heavy atom. The van der Waals surface area contributed by atoms with E-state index in [0.29, 0.717) is 24.0 Å². The third-order valence-electron chi connectivity index (χ3n) is 9.53. The molecule has 4 heterocycles. The molecule has 11 nitrogen and oxygen atoms in total. The number of likely N-dealkylation sites (tertiary alicyclic amines) is 1. The predicted molar refractivity (Wildman–Crippen MR) is 162 cm³/mol. The second-order valence-electron chi connectivity index (χ2n) is 12.8. The van der Waals surface area contributed by atoms with Crippen LogP contribution in [-0.4, -0.2) is 86.6 Å². The number of benzene rings is 1. The van der Waals surface area contributed by atoms with Crippen LogP contribution in [0.1, 0.15) is 53.8 Å². The zero-order chi connectivity index (χ0) is 34.8. The van der Waals surface area contributed by atoms with Crippen molar-refractivity contribution in [2.24, 2.45) is 11.8 Å². The number of hydrogen-bond donors (Lipinski definition) is 4. The molecule has 4 N–H and O–H groups in total. The van der Waals surface area contributed by atoms with Gasteiger partial charge in [0.1, 0.15) is 12.1 Å². The first-order valence-electron chi connectivity index (χ1n) is 15.3.